The molecule has 0 bridgehead atoms. The number of unbranched alkanes of at least 4 members (excludes halogenated alkanes) is 21. The molecule has 0 saturated heterocycles. The van der Waals surface area contributed by atoms with Gasteiger partial charge in [-0.25, -0.2) is 0 Å². The van der Waals surface area contributed by atoms with Crippen LogP contribution in [0.15, 0.2) is 0 Å². The van der Waals surface area contributed by atoms with E-state index in [-0.39, 0.29) is 0 Å². The summed E-state index contributed by atoms with van der Waals surface area (Å²) in [6.45, 7) is -1.73. The van der Waals surface area contributed by atoms with Crippen LogP contribution in [-0.2, 0) is 4.79 Å². The van der Waals surface area contributed by atoms with Gasteiger partial charge in [0.25, 0.3) is 0 Å². The van der Waals surface area contributed by atoms with E-state index < -0.39 is 12.8 Å². The highest BCUT2D eigenvalue weighted by atomic mass is 16.4. The fourth-order valence-corrected chi connectivity index (χ4v) is 3.94. The maximum absolute atomic E-state index is 10.4. The van der Waals surface area contributed by atoms with Crippen molar-refractivity contribution in [1.82, 2.24) is 0 Å². The van der Waals surface area contributed by atoms with Gasteiger partial charge in [-0.2, -0.15) is 0 Å². The Morgan fingerprint density at radius 2 is 0.750 bits per heavy atom. The number of carboxylic acids is 1. The van der Waals surface area contributed by atoms with Crippen molar-refractivity contribution in [3.8, 4) is 0 Å². The van der Waals surface area contributed by atoms with Crippen LogP contribution in [-0.4, -0.2) is 11.1 Å². The van der Waals surface area contributed by atoms with Crippen molar-refractivity contribution in [2.24, 2.45) is 0 Å². The highest BCUT2D eigenvalue weighted by molar-refractivity contribution is 5.66. The quantitative estimate of drug-likeness (QED) is 0.164. The maximum atomic E-state index is 10.4. The molecular formula is C26H52O2. The third kappa shape index (κ3) is 25.5. The SMILES string of the molecule is [2H]C([2H])([2H])CCCCCCCCCCCCCCCCCCCCCCCCC(=O)O. The zero-order chi connectivity index (χ0) is 23.0. The van der Waals surface area contributed by atoms with E-state index >= 15 is 0 Å². The molecule has 0 rings (SSSR count). The third-order valence-corrected chi connectivity index (χ3v) is 5.82. The Morgan fingerprint density at radius 3 is 1.00 bits per heavy atom. The number of rotatable bonds is 24. The van der Waals surface area contributed by atoms with Crippen molar-refractivity contribution in [1.29, 1.82) is 0 Å². The van der Waals surface area contributed by atoms with Crippen LogP contribution in [0.4, 0.5) is 0 Å². The van der Waals surface area contributed by atoms with Crippen molar-refractivity contribution in [2.45, 2.75) is 161 Å². The molecule has 0 aliphatic carbocycles. The van der Waals surface area contributed by atoms with Gasteiger partial charge in [-0.05, 0) is 6.42 Å². The van der Waals surface area contributed by atoms with Crippen molar-refractivity contribution in [3.63, 3.8) is 0 Å². The molecule has 0 aromatic carbocycles. The van der Waals surface area contributed by atoms with Crippen LogP contribution in [0.25, 0.3) is 0 Å². The van der Waals surface area contributed by atoms with Gasteiger partial charge in [0.15, 0.2) is 0 Å². The van der Waals surface area contributed by atoms with Crippen LogP contribution >= 0.6 is 0 Å². The second kappa shape index (κ2) is 24.5. The maximum Gasteiger partial charge on any atom is 0.303 e. The largest absolute Gasteiger partial charge is 0.481 e. The molecular weight excluding hydrogens is 344 g/mol. The van der Waals surface area contributed by atoms with E-state index in [1.807, 2.05) is 0 Å². The summed E-state index contributed by atoms with van der Waals surface area (Å²) in [5.74, 6) is -0.662. The van der Waals surface area contributed by atoms with E-state index in [4.69, 9.17) is 9.22 Å². The Labute approximate surface area is 181 Å². The monoisotopic (exact) mass is 399 g/mol. The Balaban J connectivity index is 3.04. The molecule has 1 N–H and O–H groups in total. The first-order chi connectivity index (χ1) is 14.9. The Kier molecular flexibility index (Phi) is 19.4. The van der Waals surface area contributed by atoms with Crippen LogP contribution < -0.4 is 0 Å². The Bertz CT molecular complexity index is 383. The molecule has 0 amide bonds. The van der Waals surface area contributed by atoms with E-state index in [2.05, 4.69) is 0 Å². The molecule has 0 aromatic heterocycles. The molecule has 0 saturated carbocycles. The minimum atomic E-state index is -1.73. The van der Waals surface area contributed by atoms with Gasteiger partial charge in [0.05, 0.1) is 0 Å². The first-order valence-corrected chi connectivity index (χ1v) is 12.6. The molecule has 168 valence electrons. The van der Waals surface area contributed by atoms with Gasteiger partial charge in [0, 0.05) is 10.5 Å². The number of carbonyl (C=O) groups is 1. The lowest BCUT2D eigenvalue weighted by Crippen LogP contribution is -1.93. The van der Waals surface area contributed by atoms with Gasteiger partial charge in [-0.3, -0.25) is 4.79 Å². The zero-order valence-corrected chi connectivity index (χ0v) is 18.8. The molecule has 0 aliphatic rings. The molecule has 0 spiro atoms. The van der Waals surface area contributed by atoms with E-state index in [1.54, 1.807) is 0 Å². The molecule has 0 aliphatic heterocycles. The molecule has 0 fully saturated rings. The van der Waals surface area contributed by atoms with E-state index in [0.29, 0.717) is 12.8 Å². The number of hydrogen-bond donors (Lipinski definition) is 1. The van der Waals surface area contributed by atoms with E-state index in [0.717, 1.165) is 25.7 Å². The second-order valence-electron chi connectivity index (χ2n) is 8.67. The first-order valence-electron chi connectivity index (χ1n) is 14.1. The lowest BCUT2D eigenvalue weighted by Gasteiger charge is -2.04. The predicted molar refractivity (Wildman–Crippen MR) is 124 cm³/mol. The fourth-order valence-electron chi connectivity index (χ4n) is 3.94. The highest BCUT2D eigenvalue weighted by Crippen LogP contribution is 2.15. The van der Waals surface area contributed by atoms with Gasteiger partial charge >= 0.3 is 5.97 Å². The van der Waals surface area contributed by atoms with Gasteiger partial charge in [-0.1, -0.05) is 148 Å². The van der Waals surface area contributed by atoms with Gasteiger partial charge in [0.1, 0.15) is 0 Å². The number of aliphatic carboxylic acids is 1. The predicted octanol–water partition coefficient (Wildman–Crippen LogP) is 9.45. The van der Waals surface area contributed by atoms with Crippen LogP contribution in [0.5, 0.6) is 0 Å². The lowest BCUT2D eigenvalue weighted by molar-refractivity contribution is -0.137. The van der Waals surface area contributed by atoms with Crippen LogP contribution in [0.1, 0.15) is 165 Å². The van der Waals surface area contributed by atoms with Crippen molar-refractivity contribution in [2.75, 3.05) is 0 Å². The molecule has 2 heteroatoms. The smallest absolute Gasteiger partial charge is 0.303 e. The molecule has 0 unspecified atom stereocenters. The summed E-state index contributed by atoms with van der Waals surface area (Å²) in [4.78, 5) is 10.4. The summed E-state index contributed by atoms with van der Waals surface area (Å²) in [5.41, 5.74) is 0. The van der Waals surface area contributed by atoms with E-state index in [1.165, 1.54) is 116 Å². The summed E-state index contributed by atoms with van der Waals surface area (Å²) in [6, 6.07) is 0. The van der Waals surface area contributed by atoms with Gasteiger partial charge < -0.3 is 5.11 Å². The summed E-state index contributed by atoms with van der Waals surface area (Å²) in [5, 5.41) is 8.59. The zero-order valence-electron chi connectivity index (χ0n) is 21.8. The normalized spacial score (nSPS) is 13.2. The second-order valence-corrected chi connectivity index (χ2v) is 8.67. The average Bonchev–Trinajstić information content (AvgIpc) is 2.70. The third-order valence-electron chi connectivity index (χ3n) is 5.82. The molecule has 0 atom stereocenters. The first kappa shape index (κ1) is 22.2. The fraction of sp³-hybridized carbons (Fsp3) is 0.962. The number of carboxylic acid groups (broad SMARTS) is 1. The average molecular weight is 400 g/mol. The van der Waals surface area contributed by atoms with Crippen LogP contribution in [0.3, 0.4) is 0 Å². The standard InChI is InChI=1S/C26H52O2/c1-2-3-4-5-6-7-8-9-10-11-12-13-14-15-16-17-18-19-20-21-22-23-24-25-26(27)28/h2-25H2,1H3,(H,27,28)/i1D3. The van der Waals surface area contributed by atoms with Gasteiger partial charge in [0.2, 0.25) is 0 Å². The van der Waals surface area contributed by atoms with Crippen LogP contribution in [0.2, 0.25) is 0 Å². The van der Waals surface area contributed by atoms with Crippen molar-refractivity contribution >= 4 is 5.97 Å². The van der Waals surface area contributed by atoms with Crippen molar-refractivity contribution < 1.29 is 14.0 Å². The summed E-state index contributed by atoms with van der Waals surface area (Å²) >= 11 is 0. The minimum Gasteiger partial charge on any atom is -0.481 e. The van der Waals surface area contributed by atoms with Crippen molar-refractivity contribution in [3.05, 3.63) is 0 Å². The number of hydrogen-bond acceptors (Lipinski definition) is 1. The van der Waals surface area contributed by atoms with Gasteiger partial charge in [-0.15, -0.1) is 0 Å². The molecule has 0 aromatic rings. The Hall–Kier alpha value is -0.530. The molecule has 0 radical (unpaired) electrons. The molecule has 2 nitrogen and oxygen atoms in total. The summed E-state index contributed by atoms with van der Waals surface area (Å²) in [7, 11) is 0. The lowest BCUT2D eigenvalue weighted by atomic mass is 10.0. The van der Waals surface area contributed by atoms with E-state index in [9.17, 15) is 4.79 Å². The Morgan fingerprint density at radius 1 is 0.500 bits per heavy atom. The summed E-state index contributed by atoms with van der Waals surface area (Å²) < 4.78 is 21.6. The highest BCUT2D eigenvalue weighted by Gasteiger charge is 1.97. The molecule has 28 heavy (non-hydrogen) atoms. The summed E-state index contributed by atoms with van der Waals surface area (Å²) in [6.07, 6.45) is 28.7. The molecule has 0 heterocycles. The topological polar surface area (TPSA) is 37.3 Å². The minimum absolute atomic E-state index is 0.332. The van der Waals surface area contributed by atoms with Crippen LogP contribution in [0, 0.1) is 0 Å².